The molecule has 0 N–H and O–H groups in total. The summed E-state index contributed by atoms with van der Waals surface area (Å²) in [6.45, 7) is 3.00. The average molecular weight is 373 g/mol. The fourth-order valence-electron chi connectivity index (χ4n) is 4.08. The third-order valence-corrected chi connectivity index (χ3v) is 5.71. The van der Waals surface area contributed by atoms with Crippen molar-refractivity contribution < 1.29 is 4.79 Å². The van der Waals surface area contributed by atoms with Crippen LogP contribution in [0.15, 0.2) is 54.9 Å². The third kappa shape index (κ3) is 3.15. The number of anilines is 1. The largest absolute Gasteiger partial charge is 0.352 e. The molecule has 0 unspecified atom stereocenters. The number of carbonyl (C=O) groups is 1. The summed E-state index contributed by atoms with van der Waals surface area (Å²) in [5.74, 6) is 1.04. The van der Waals surface area contributed by atoms with Crippen molar-refractivity contribution in [3.63, 3.8) is 0 Å². The van der Waals surface area contributed by atoms with E-state index in [2.05, 4.69) is 21.2 Å². The molecule has 1 aliphatic heterocycles. The summed E-state index contributed by atoms with van der Waals surface area (Å²) in [5.41, 5.74) is 4.29. The molecule has 0 spiro atoms. The highest BCUT2D eigenvalue weighted by Crippen LogP contribution is 2.23. The van der Waals surface area contributed by atoms with E-state index < -0.39 is 0 Å². The van der Waals surface area contributed by atoms with E-state index in [-0.39, 0.29) is 5.91 Å². The molecule has 1 amide bonds. The van der Waals surface area contributed by atoms with E-state index in [9.17, 15) is 4.79 Å². The lowest BCUT2D eigenvalue weighted by atomic mass is 10.1. The van der Waals surface area contributed by atoms with E-state index in [4.69, 9.17) is 0 Å². The molecule has 1 aromatic carbocycles. The van der Waals surface area contributed by atoms with Gasteiger partial charge in [0.1, 0.15) is 0 Å². The molecule has 1 saturated heterocycles. The van der Waals surface area contributed by atoms with Gasteiger partial charge in [0.05, 0.1) is 5.69 Å². The van der Waals surface area contributed by atoms with Crippen molar-refractivity contribution in [1.29, 1.82) is 0 Å². The van der Waals surface area contributed by atoms with E-state index in [0.717, 1.165) is 48.7 Å². The smallest absolute Gasteiger partial charge is 0.253 e. The minimum atomic E-state index is 0.0961. The van der Waals surface area contributed by atoms with Crippen LogP contribution in [0.5, 0.6) is 0 Å². The van der Waals surface area contributed by atoms with E-state index >= 15 is 0 Å². The maximum Gasteiger partial charge on any atom is 0.253 e. The monoisotopic (exact) mass is 373 g/mol. The first kappa shape index (κ1) is 17.0. The normalized spacial score (nSPS) is 16.3. The van der Waals surface area contributed by atoms with Crippen molar-refractivity contribution >= 4 is 11.7 Å². The fraction of sp³-hybridized carbons (Fsp3) is 0.318. The molecular weight excluding hydrogens is 350 g/mol. The van der Waals surface area contributed by atoms with Crippen molar-refractivity contribution in [2.75, 3.05) is 31.1 Å². The number of benzene rings is 1. The predicted molar refractivity (Wildman–Crippen MR) is 108 cm³/mol. The topological polar surface area (TPSA) is 54.3 Å². The van der Waals surface area contributed by atoms with Gasteiger partial charge in [0, 0.05) is 49.8 Å². The van der Waals surface area contributed by atoms with E-state index in [0.29, 0.717) is 13.1 Å². The fourth-order valence-corrected chi connectivity index (χ4v) is 4.08. The molecule has 28 heavy (non-hydrogen) atoms. The Morgan fingerprint density at radius 2 is 1.64 bits per heavy atom. The zero-order chi connectivity index (χ0) is 18.9. The van der Waals surface area contributed by atoms with Crippen LogP contribution in [0.3, 0.4) is 0 Å². The van der Waals surface area contributed by atoms with Crippen LogP contribution in [0, 0.1) is 0 Å². The Balaban J connectivity index is 1.23. The number of amides is 1. The second-order valence-electron chi connectivity index (χ2n) is 7.44. The van der Waals surface area contributed by atoms with Gasteiger partial charge < -0.3 is 14.4 Å². The average Bonchev–Trinajstić information content (AvgIpc) is 3.45. The first-order chi connectivity index (χ1) is 13.8. The number of nitrogens with zero attached hydrogens (tertiary/aromatic N) is 5. The highest BCUT2D eigenvalue weighted by atomic mass is 16.2. The van der Waals surface area contributed by atoms with Gasteiger partial charge in [-0.3, -0.25) is 4.79 Å². The first-order valence-electron chi connectivity index (χ1n) is 9.91. The Bertz CT molecular complexity index is 973. The molecule has 6 heteroatoms. The summed E-state index contributed by atoms with van der Waals surface area (Å²) in [6, 6.07) is 14.0. The van der Waals surface area contributed by atoms with Gasteiger partial charge in [-0.1, -0.05) is 0 Å². The molecule has 3 heterocycles. The van der Waals surface area contributed by atoms with Crippen LogP contribution in [0.1, 0.15) is 28.0 Å². The number of piperazine rings is 1. The van der Waals surface area contributed by atoms with Crippen LogP contribution in [-0.2, 0) is 12.8 Å². The molecule has 2 aromatic heterocycles. The van der Waals surface area contributed by atoms with Crippen LogP contribution in [0.4, 0.5) is 5.82 Å². The van der Waals surface area contributed by atoms with Crippen LogP contribution in [-0.4, -0.2) is 51.8 Å². The molecule has 1 aliphatic carbocycles. The van der Waals surface area contributed by atoms with Gasteiger partial charge in [0.2, 0.25) is 0 Å². The van der Waals surface area contributed by atoms with E-state index in [1.54, 1.807) is 0 Å². The van der Waals surface area contributed by atoms with Crippen molar-refractivity contribution in [3.05, 3.63) is 71.7 Å². The van der Waals surface area contributed by atoms with Gasteiger partial charge in [0.25, 0.3) is 5.91 Å². The van der Waals surface area contributed by atoms with Crippen molar-refractivity contribution in [1.82, 2.24) is 19.7 Å². The van der Waals surface area contributed by atoms with Gasteiger partial charge in [0.15, 0.2) is 5.82 Å². The molecule has 0 radical (unpaired) electrons. The number of aromatic nitrogens is 3. The molecule has 5 rings (SSSR count). The van der Waals surface area contributed by atoms with Crippen molar-refractivity contribution in [2.24, 2.45) is 0 Å². The minimum absolute atomic E-state index is 0.0961. The highest BCUT2D eigenvalue weighted by molar-refractivity contribution is 5.94. The standard InChI is InChI=1S/C22H23N5O/c28-22(17-6-8-19(9-7-17)25-10-1-2-11-25)27-14-12-26(13-15-27)21-16-18-4-3-5-20(18)23-24-21/h1-2,6-11,16H,3-5,12-15H2. The number of fused-ring (bicyclic) bond motifs is 1. The Kier molecular flexibility index (Phi) is 4.31. The van der Waals surface area contributed by atoms with Gasteiger partial charge in [-0.15, -0.1) is 5.10 Å². The Morgan fingerprint density at radius 3 is 2.39 bits per heavy atom. The molecular formula is C22H23N5O. The molecule has 0 atom stereocenters. The second-order valence-corrected chi connectivity index (χ2v) is 7.44. The molecule has 142 valence electrons. The quantitative estimate of drug-likeness (QED) is 0.708. The van der Waals surface area contributed by atoms with Crippen LogP contribution >= 0.6 is 0 Å². The van der Waals surface area contributed by atoms with Crippen LogP contribution in [0.25, 0.3) is 5.69 Å². The summed E-state index contributed by atoms with van der Waals surface area (Å²) in [4.78, 5) is 17.0. The summed E-state index contributed by atoms with van der Waals surface area (Å²) >= 11 is 0. The molecule has 0 bridgehead atoms. The lowest BCUT2D eigenvalue weighted by Gasteiger charge is -2.35. The zero-order valence-corrected chi connectivity index (χ0v) is 15.8. The molecule has 0 saturated carbocycles. The lowest BCUT2D eigenvalue weighted by molar-refractivity contribution is 0.0746. The number of hydrogen-bond donors (Lipinski definition) is 0. The molecule has 3 aromatic rings. The van der Waals surface area contributed by atoms with Gasteiger partial charge in [-0.2, -0.15) is 5.10 Å². The van der Waals surface area contributed by atoms with E-state index in [1.807, 2.05) is 58.3 Å². The van der Waals surface area contributed by atoms with Crippen molar-refractivity contribution in [3.8, 4) is 5.69 Å². The van der Waals surface area contributed by atoms with E-state index in [1.165, 1.54) is 12.0 Å². The zero-order valence-electron chi connectivity index (χ0n) is 15.8. The molecule has 1 fully saturated rings. The second kappa shape index (κ2) is 7.11. The van der Waals surface area contributed by atoms with Crippen LogP contribution in [0.2, 0.25) is 0 Å². The third-order valence-electron chi connectivity index (χ3n) is 5.71. The highest BCUT2D eigenvalue weighted by Gasteiger charge is 2.24. The Morgan fingerprint density at radius 1 is 0.893 bits per heavy atom. The molecule has 6 nitrogen and oxygen atoms in total. The molecule has 2 aliphatic rings. The first-order valence-corrected chi connectivity index (χ1v) is 9.91. The Labute approximate surface area is 164 Å². The number of rotatable bonds is 3. The van der Waals surface area contributed by atoms with Crippen molar-refractivity contribution in [2.45, 2.75) is 19.3 Å². The lowest BCUT2D eigenvalue weighted by Crippen LogP contribution is -2.49. The predicted octanol–water partition coefficient (Wildman–Crippen LogP) is 2.72. The minimum Gasteiger partial charge on any atom is -0.352 e. The number of aryl methyl sites for hydroxylation is 2. The maximum atomic E-state index is 12.9. The Hall–Kier alpha value is -3.15. The van der Waals surface area contributed by atoms with Gasteiger partial charge in [-0.25, -0.2) is 0 Å². The number of hydrogen-bond acceptors (Lipinski definition) is 4. The van der Waals surface area contributed by atoms with Crippen LogP contribution < -0.4 is 4.90 Å². The summed E-state index contributed by atoms with van der Waals surface area (Å²) in [5, 5.41) is 8.80. The maximum absolute atomic E-state index is 12.9. The summed E-state index contributed by atoms with van der Waals surface area (Å²) in [6.07, 6.45) is 7.33. The van der Waals surface area contributed by atoms with Gasteiger partial charge >= 0.3 is 0 Å². The summed E-state index contributed by atoms with van der Waals surface area (Å²) < 4.78 is 2.03. The summed E-state index contributed by atoms with van der Waals surface area (Å²) in [7, 11) is 0. The SMILES string of the molecule is O=C(c1ccc(-n2cccc2)cc1)N1CCN(c2cc3c(nn2)CCC3)CC1. The number of carbonyl (C=O) groups excluding carboxylic acids is 1. The van der Waals surface area contributed by atoms with Gasteiger partial charge in [-0.05, 0) is 67.3 Å².